The number of hydrogen-bond donors (Lipinski definition) is 1. The SMILES string of the molecule is Cc1ccccc1CONc1ccccc1. The van der Waals surface area contributed by atoms with Gasteiger partial charge in [0.05, 0.1) is 12.3 Å². The van der Waals surface area contributed by atoms with Crippen LogP contribution in [0, 0.1) is 6.92 Å². The Morgan fingerprint density at radius 3 is 2.38 bits per heavy atom. The van der Waals surface area contributed by atoms with Crippen molar-refractivity contribution in [3.05, 3.63) is 65.7 Å². The molecule has 0 bridgehead atoms. The van der Waals surface area contributed by atoms with Crippen LogP contribution in [0.4, 0.5) is 5.69 Å². The van der Waals surface area contributed by atoms with Crippen LogP contribution in [0.15, 0.2) is 54.6 Å². The zero-order valence-corrected chi connectivity index (χ0v) is 9.31. The molecule has 0 atom stereocenters. The zero-order valence-electron chi connectivity index (χ0n) is 9.31. The molecular weight excluding hydrogens is 198 g/mol. The van der Waals surface area contributed by atoms with Gasteiger partial charge in [0, 0.05) is 0 Å². The Morgan fingerprint density at radius 1 is 0.938 bits per heavy atom. The van der Waals surface area contributed by atoms with Gasteiger partial charge < -0.3 is 0 Å². The lowest BCUT2D eigenvalue weighted by atomic mass is 10.1. The molecule has 2 aromatic carbocycles. The first-order valence-corrected chi connectivity index (χ1v) is 5.33. The summed E-state index contributed by atoms with van der Waals surface area (Å²) in [6, 6.07) is 18.1. The van der Waals surface area contributed by atoms with E-state index in [1.165, 1.54) is 11.1 Å². The number of benzene rings is 2. The van der Waals surface area contributed by atoms with Gasteiger partial charge in [-0.1, -0.05) is 42.5 Å². The van der Waals surface area contributed by atoms with E-state index in [0.717, 1.165) is 5.69 Å². The van der Waals surface area contributed by atoms with Gasteiger partial charge in [0.1, 0.15) is 0 Å². The van der Waals surface area contributed by atoms with Gasteiger partial charge >= 0.3 is 0 Å². The first-order valence-electron chi connectivity index (χ1n) is 5.33. The summed E-state index contributed by atoms with van der Waals surface area (Å²) >= 11 is 0. The Morgan fingerprint density at radius 2 is 1.62 bits per heavy atom. The maximum Gasteiger partial charge on any atom is 0.0999 e. The lowest BCUT2D eigenvalue weighted by Crippen LogP contribution is -2.02. The minimum absolute atomic E-state index is 0.571. The van der Waals surface area contributed by atoms with Crippen LogP contribution in [0.2, 0.25) is 0 Å². The fourth-order valence-electron chi connectivity index (χ4n) is 1.48. The summed E-state index contributed by atoms with van der Waals surface area (Å²) < 4.78 is 0. The Labute approximate surface area is 95.8 Å². The molecule has 0 heterocycles. The number of anilines is 1. The third-order valence-electron chi connectivity index (χ3n) is 2.45. The normalized spacial score (nSPS) is 10.1. The van der Waals surface area contributed by atoms with Crippen molar-refractivity contribution in [2.75, 3.05) is 5.48 Å². The predicted octanol–water partition coefficient (Wildman–Crippen LogP) is 3.54. The second-order valence-corrected chi connectivity index (χ2v) is 3.68. The molecule has 1 N–H and O–H groups in total. The van der Waals surface area contributed by atoms with Gasteiger partial charge in [-0.3, -0.25) is 10.3 Å². The van der Waals surface area contributed by atoms with E-state index in [1.807, 2.05) is 42.5 Å². The highest BCUT2D eigenvalue weighted by atomic mass is 16.6. The van der Waals surface area contributed by atoms with Gasteiger partial charge in [-0.15, -0.1) is 0 Å². The van der Waals surface area contributed by atoms with E-state index in [2.05, 4.69) is 24.5 Å². The average Bonchev–Trinajstić information content (AvgIpc) is 2.33. The third-order valence-corrected chi connectivity index (χ3v) is 2.45. The van der Waals surface area contributed by atoms with Gasteiger partial charge in [0.25, 0.3) is 0 Å². The van der Waals surface area contributed by atoms with Gasteiger partial charge in [-0.25, -0.2) is 0 Å². The lowest BCUT2D eigenvalue weighted by molar-refractivity contribution is 0.180. The smallest absolute Gasteiger partial charge is 0.0999 e. The molecule has 0 aliphatic carbocycles. The number of hydrogen-bond acceptors (Lipinski definition) is 2. The van der Waals surface area contributed by atoms with Gasteiger partial charge in [0.15, 0.2) is 0 Å². The molecule has 2 heteroatoms. The van der Waals surface area contributed by atoms with E-state index in [0.29, 0.717) is 6.61 Å². The average molecular weight is 213 g/mol. The Kier molecular flexibility index (Phi) is 3.57. The summed E-state index contributed by atoms with van der Waals surface area (Å²) in [5.74, 6) is 0. The van der Waals surface area contributed by atoms with Crippen LogP contribution in [0.5, 0.6) is 0 Å². The van der Waals surface area contributed by atoms with Crippen LogP contribution < -0.4 is 5.48 Å². The van der Waals surface area contributed by atoms with E-state index < -0.39 is 0 Å². The van der Waals surface area contributed by atoms with Crippen LogP contribution >= 0.6 is 0 Å². The van der Waals surface area contributed by atoms with E-state index in [4.69, 9.17) is 4.84 Å². The second-order valence-electron chi connectivity index (χ2n) is 3.68. The van der Waals surface area contributed by atoms with E-state index in [-0.39, 0.29) is 0 Å². The van der Waals surface area contributed by atoms with Crippen molar-refractivity contribution >= 4 is 5.69 Å². The van der Waals surface area contributed by atoms with E-state index >= 15 is 0 Å². The molecule has 0 spiro atoms. The van der Waals surface area contributed by atoms with Gasteiger partial charge in [-0.05, 0) is 30.2 Å². The molecule has 0 saturated carbocycles. The van der Waals surface area contributed by atoms with Crippen LogP contribution in [-0.4, -0.2) is 0 Å². The van der Waals surface area contributed by atoms with E-state index in [1.54, 1.807) is 0 Å². The molecule has 0 aliphatic heterocycles. The van der Waals surface area contributed by atoms with Gasteiger partial charge in [-0.2, -0.15) is 0 Å². The number of rotatable bonds is 4. The topological polar surface area (TPSA) is 21.3 Å². The molecule has 0 amide bonds. The molecule has 2 rings (SSSR count). The predicted molar refractivity (Wildman–Crippen MR) is 66.0 cm³/mol. The summed E-state index contributed by atoms with van der Waals surface area (Å²) in [5, 5.41) is 0. The van der Waals surface area contributed by atoms with Crippen molar-refractivity contribution in [3.8, 4) is 0 Å². The molecule has 0 radical (unpaired) electrons. The number of nitrogens with one attached hydrogen (secondary N) is 1. The standard InChI is InChI=1S/C14H15NO/c1-12-7-5-6-8-13(12)11-16-15-14-9-3-2-4-10-14/h2-10,15H,11H2,1H3. The lowest BCUT2D eigenvalue weighted by Gasteiger charge is -2.08. The highest BCUT2D eigenvalue weighted by Crippen LogP contribution is 2.10. The number of para-hydroxylation sites is 1. The zero-order chi connectivity index (χ0) is 11.2. The first-order chi connectivity index (χ1) is 7.86. The second kappa shape index (κ2) is 5.33. The summed E-state index contributed by atoms with van der Waals surface area (Å²) in [6.07, 6.45) is 0. The summed E-state index contributed by atoms with van der Waals surface area (Å²) in [6.45, 7) is 2.66. The Hall–Kier alpha value is -1.80. The molecule has 16 heavy (non-hydrogen) atoms. The molecule has 2 aromatic rings. The molecule has 82 valence electrons. The largest absolute Gasteiger partial charge is 0.271 e. The molecule has 2 nitrogen and oxygen atoms in total. The van der Waals surface area contributed by atoms with Crippen molar-refractivity contribution in [2.45, 2.75) is 13.5 Å². The molecule has 0 saturated heterocycles. The molecule has 0 aromatic heterocycles. The minimum Gasteiger partial charge on any atom is -0.271 e. The highest BCUT2D eigenvalue weighted by molar-refractivity contribution is 5.40. The summed E-state index contributed by atoms with van der Waals surface area (Å²) in [7, 11) is 0. The highest BCUT2D eigenvalue weighted by Gasteiger charge is 1.96. The minimum atomic E-state index is 0.571. The first kappa shape index (κ1) is 10.7. The molecule has 0 fully saturated rings. The maximum atomic E-state index is 5.44. The Balaban J connectivity index is 1.87. The van der Waals surface area contributed by atoms with Crippen molar-refractivity contribution in [1.82, 2.24) is 0 Å². The molecule has 0 aliphatic rings. The summed E-state index contributed by atoms with van der Waals surface area (Å²) in [4.78, 5) is 5.44. The van der Waals surface area contributed by atoms with Crippen molar-refractivity contribution in [1.29, 1.82) is 0 Å². The van der Waals surface area contributed by atoms with Crippen LogP contribution in [-0.2, 0) is 11.4 Å². The number of aryl methyl sites for hydroxylation is 1. The van der Waals surface area contributed by atoms with Crippen LogP contribution in [0.25, 0.3) is 0 Å². The third kappa shape index (κ3) is 2.84. The monoisotopic (exact) mass is 213 g/mol. The fourth-order valence-corrected chi connectivity index (χ4v) is 1.48. The maximum absolute atomic E-state index is 5.44. The quantitative estimate of drug-likeness (QED) is 0.784. The summed E-state index contributed by atoms with van der Waals surface area (Å²) in [5.41, 5.74) is 6.34. The van der Waals surface area contributed by atoms with E-state index in [9.17, 15) is 0 Å². The van der Waals surface area contributed by atoms with Crippen molar-refractivity contribution < 1.29 is 4.84 Å². The molecule has 0 unspecified atom stereocenters. The van der Waals surface area contributed by atoms with Crippen LogP contribution in [0.3, 0.4) is 0 Å². The van der Waals surface area contributed by atoms with Crippen LogP contribution in [0.1, 0.15) is 11.1 Å². The Bertz CT molecular complexity index is 439. The fraction of sp³-hybridized carbons (Fsp3) is 0.143. The molecular formula is C14H15NO. The van der Waals surface area contributed by atoms with Gasteiger partial charge in [0.2, 0.25) is 0 Å². The van der Waals surface area contributed by atoms with Crippen molar-refractivity contribution in [2.24, 2.45) is 0 Å². The van der Waals surface area contributed by atoms with Crippen molar-refractivity contribution in [3.63, 3.8) is 0 Å².